The minimum Gasteiger partial charge on any atom is -0.489 e. The van der Waals surface area contributed by atoms with E-state index in [1.165, 1.54) is 0 Å². The number of rotatable bonds is 4. The van der Waals surface area contributed by atoms with E-state index < -0.39 is 11.8 Å². The molecular formula is C20H23N3O3. The Bertz CT molecular complexity index is 739. The summed E-state index contributed by atoms with van der Waals surface area (Å²) in [5.74, 6) is -0.382. The molecule has 2 aromatic carbocycles. The molecule has 3 rings (SSSR count). The normalized spacial score (nSPS) is 14.7. The number of hydrogen-bond acceptors (Lipinski definition) is 4. The van der Waals surface area contributed by atoms with Crippen molar-refractivity contribution in [2.24, 2.45) is 0 Å². The number of nitrogens with zero attached hydrogens (tertiary/aromatic N) is 2. The van der Waals surface area contributed by atoms with Crippen molar-refractivity contribution in [1.82, 2.24) is 9.80 Å². The minimum absolute atomic E-state index is 0.481. The maximum absolute atomic E-state index is 12.2. The predicted octanol–water partition coefficient (Wildman–Crippen LogP) is 1.98. The van der Waals surface area contributed by atoms with Gasteiger partial charge in [-0.2, -0.15) is 0 Å². The number of carbonyl (C=O) groups excluding carboxylic acids is 2. The van der Waals surface area contributed by atoms with Gasteiger partial charge < -0.3 is 19.9 Å². The third-order valence-electron chi connectivity index (χ3n) is 4.35. The Kier molecular flexibility index (Phi) is 5.86. The molecular weight excluding hydrogens is 330 g/mol. The van der Waals surface area contributed by atoms with E-state index in [-0.39, 0.29) is 0 Å². The zero-order valence-corrected chi connectivity index (χ0v) is 14.9. The maximum Gasteiger partial charge on any atom is 0.313 e. The van der Waals surface area contributed by atoms with Crippen LogP contribution in [0.1, 0.15) is 5.56 Å². The van der Waals surface area contributed by atoms with Gasteiger partial charge in [0, 0.05) is 31.9 Å². The molecule has 6 nitrogen and oxygen atoms in total. The van der Waals surface area contributed by atoms with Gasteiger partial charge in [0.05, 0.1) is 0 Å². The van der Waals surface area contributed by atoms with E-state index in [2.05, 4.69) is 10.2 Å². The molecule has 0 atom stereocenters. The SMILES string of the molecule is CN1CCN(C(=O)C(=O)Nc2ccc(OCc3ccccc3)cc2)CC1. The third kappa shape index (κ3) is 4.83. The first-order valence-corrected chi connectivity index (χ1v) is 8.67. The molecule has 0 radical (unpaired) electrons. The lowest BCUT2D eigenvalue weighted by Crippen LogP contribution is -2.50. The van der Waals surface area contributed by atoms with Crippen LogP contribution in [-0.2, 0) is 16.2 Å². The second-order valence-corrected chi connectivity index (χ2v) is 6.35. The number of likely N-dealkylation sites (N-methyl/N-ethyl adjacent to an activating group) is 1. The van der Waals surface area contributed by atoms with E-state index in [9.17, 15) is 9.59 Å². The topological polar surface area (TPSA) is 61.9 Å². The number of nitrogens with one attached hydrogen (secondary N) is 1. The van der Waals surface area contributed by atoms with Gasteiger partial charge in [0.2, 0.25) is 0 Å². The van der Waals surface area contributed by atoms with Gasteiger partial charge in [0.1, 0.15) is 12.4 Å². The lowest BCUT2D eigenvalue weighted by atomic mass is 10.2. The zero-order valence-electron chi connectivity index (χ0n) is 14.9. The van der Waals surface area contributed by atoms with E-state index in [4.69, 9.17) is 4.74 Å². The van der Waals surface area contributed by atoms with Gasteiger partial charge >= 0.3 is 11.8 Å². The number of piperazine rings is 1. The Balaban J connectivity index is 1.50. The summed E-state index contributed by atoms with van der Waals surface area (Å²) in [5.41, 5.74) is 1.66. The van der Waals surface area contributed by atoms with Gasteiger partial charge in [-0.15, -0.1) is 0 Å². The van der Waals surface area contributed by atoms with Crippen molar-refractivity contribution in [3.63, 3.8) is 0 Å². The molecule has 26 heavy (non-hydrogen) atoms. The van der Waals surface area contributed by atoms with Crippen LogP contribution in [0.3, 0.4) is 0 Å². The van der Waals surface area contributed by atoms with Crippen LogP contribution in [-0.4, -0.2) is 54.8 Å². The summed E-state index contributed by atoms with van der Waals surface area (Å²) in [7, 11) is 2.00. The predicted molar refractivity (Wildman–Crippen MR) is 99.9 cm³/mol. The Hall–Kier alpha value is -2.86. The molecule has 0 aromatic heterocycles. The number of hydrogen-bond donors (Lipinski definition) is 1. The average molecular weight is 353 g/mol. The van der Waals surface area contributed by atoms with Crippen molar-refractivity contribution in [2.75, 3.05) is 38.5 Å². The first-order valence-electron chi connectivity index (χ1n) is 8.67. The molecule has 2 aromatic rings. The number of carbonyl (C=O) groups is 2. The summed E-state index contributed by atoms with van der Waals surface area (Å²) in [6.07, 6.45) is 0. The molecule has 2 amide bonds. The highest BCUT2D eigenvalue weighted by molar-refractivity contribution is 6.39. The lowest BCUT2D eigenvalue weighted by molar-refractivity contribution is -0.144. The van der Waals surface area contributed by atoms with Gasteiger partial charge in [-0.25, -0.2) is 0 Å². The summed E-state index contributed by atoms with van der Waals surface area (Å²) in [6.45, 7) is 3.21. The Labute approximate surface area is 153 Å². The highest BCUT2D eigenvalue weighted by Gasteiger charge is 2.24. The van der Waals surface area contributed by atoms with Crippen molar-refractivity contribution in [2.45, 2.75) is 6.61 Å². The standard InChI is InChI=1S/C20H23N3O3/c1-22-11-13-23(14-12-22)20(25)19(24)21-17-7-9-18(10-8-17)26-15-16-5-3-2-4-6-16/h2-10H,11-15H2,1H3,(H,21,24). The fraction of sp³-hybridized carbons (Fsp3) is 0.300. The molecule has 136 valence electrons. The fourth-order valence-corrected chi connectivity index (χ4v) is 2.71. The summed E-state index contributed by atoms with van der Waals surface area (Å²) in [4.78, 5) is 28.1. The van der Waals surface area contributed by atoms with Crippen LogP contribution in [0.2, 0.25) is 0 Å². The second kappa shape index (κ2) is 8.49. The van der Waals surface area contributed by atoms with Crippen molar-refractivity contribution in [3.05, 3.63) is 60.2 Å². The molecule has 0 aliphatic carbocycles. The molecule has 0 saturated carbocycles. The summed E-state index contributed by atoms with van der Waals surface area (Å²) < 4.78 is 5.71. The molecule has 1 saturated heterocycles. The van der Waals surface area contributed by atoms with E-state index in [0.29, 0.717) is 31.1 Å². The quantitative estimate of drug-likeness (QED) is 0.854. The molecule has 1 N–H and O–H groups in total. The van der Waals surface area contributed by atoms with Crippen molar-refractivity contribution < 1.29 is 14.3 Å². The van der Waals surface area contributed by atoms with Crippen LogP contribution >= 0.6 is 0 Å². The van der Waals surface area contributed by atoms with Crippen molar-refractivity contribution >= 4 is 17.5 Å². The molecule has 1 aliphatic heterocycles. The average Bonchev–Trinajstić information content (AvgIpc) is 2.68. The monoisotopic (exact) mass is 353 g/mol. The number of benzene rings is 2. The first-order chi connectivity index (χ1) is 12.6. The third-order valence-corrected chi connectivity index (χ3v) is 4.35. The van der Waals surface area contributed by atoms with Crippen LogP contribution in [0.15, 0.2) is 54.6 Å². The Morgan fingerprint density at radius 2 is 1.62 bits per heavy atom. The second-order valence-electron chi connectivity index (χ2n) is 6.35. The maximum atomic E-state index is 12.2. The van der Waals surface area contributed by atoms with Gasteiger partial charge in [0.15, 0.2) is 0 Å². The van der Waals surface area contributed by atoms with Gasteiger partial charge in [0.25, 0.3) is 0 Å². The summed E-state index contributed by atoms with van der Waals surface area (Å²) in [5, 5.41) is 2.65. The summed E-state index contributed by atoms with van der Waals surface area (Å²) in [6, 6.07) is 16.9. The Morgan fingerprint density at radius 1 is 0.962 bits per heavy atom. The van der Waals surface area contributed by atoms with Crippen LogP contribution in [0.4, 0.5) is 5.69 Å². The van der Waals surface area contributed by atoms with E-state index in [1.807, 2.05) is 37.4 Å². The molecule has 0 bridgehead atoms. The molecule has 0 spiro atoms. The molecule has 0 unspecified atom stereocenters. The van der Waals surface area contributed by atoms with E-state index in [1.54, 1.807) is 29.2 Å². The van der Waals surface area contributed by atoms with Gasteiger partial charge in [-0.1, -0.05) is 30.3 Å². The van der Waals surface area contributed by atoms with E-state index >= 15 is 0 Å². The number of ether oxygens (including phenoxy) is 1. The Morgan fingerprint density at radius 3 is 2.27 bits per heavy atom. The van der Waals surface area contributed by atoms with Crippen LogP contribution < -0.4 is 10.1 Å². The zero-order chi connectivity index (χ0) is 18.4. The van der Waals surface area contributed by atoms with E-state index in [0.717, 1.165) is 18.7 Å². The fourth-order valence-electron chi connectivity index (χ4n) is 2.71. The van der Waals surface area contributed by atoms with Crippen LogP contribution in [0, 0.1) is 0 Å². The highest BCUT2D eigenvalue weighted by Crippen LogP contribution is 2.17. The largest absolute Gasteiger partial charge is 0.489 e. The molecule has 1 aliphatic rings. The molecule has 1 heterocycles. The number of amides is 2. The first kappa shape index (κ1) is 17.9. The highest BCUT2D eigenvalue weighted by atomic mass is 16.5. The van der Waals surface area contributed by atoms with Gasteiger partial charge in [-0.05, 0) is 36.9 Å². The smallest absolute Gasteiger partial charge is 0.313 e. The molecule has 6 heteroatoms. The van der Waals surface area contributed by atoms with Crippen molar-refractivity contribution in [1.29, 1.82) is 0 Å². The van der Waals surface area contributed by atoms with Crippen molar-refractivity contribution in [3.8, 4) is 5.75 Å². The van der Waals surface area contributed by atoms with Gasteiger partial charge in [-0.3, -0.25) is 9.59 Å². The van der Waals surface area contributed by atoms with Crippen LogP contribution in [0.25, 0.3) is 0 Å². The minimum atomic E-state index is -0.604. The molecule has 1 fully saturated rings. The summed E-state index contributed by atoms with van der Waals surface area (Å²) >= 11 is 0. The number of anilines is 1. The lowest BCUT2D eigenvalue weighted by Gasteiger charge is -2.31. The van der Waals surface area contributed by atoms with Crippen LogP contribution in [0.5, 0.6) is 5.75 Å².